The predicted octanol–water partition coefficient (Wildman–Crippen LogP) is 0.714. The SMILES string of the molecule is Cc1nn(C)c(N(C)CC(F)F)c1C(=N)N. The maximum atomic E-state index is 12.3. The Morgan fingerprint density at radius 3 is 2.62 bits per heavy atom. The van der Waals surface area contributed by atoms with Crippen LogP contribution in [0.2, 0.25) is 0 Å². The quantitative estimate of drug-likeness (QED) is 0.592. The molecule has 0 atom stereocenters. The summed E-state index contributed by atoms with van der Waals surface area (Å²) in [5, 5.41) is 11.5. The van der Waals surface area contributed by atoms with Crippen molar-refractivity contribution in [3.05, 3.63) is 11.3 Å². The lowest BCUT2D eigenvalue weighted by Crippen LogP contribution is -2.28. The van der Waals surface area contributed by atoms with Gasteiger partial charge in [0.05, 0.1) is 17.8 Å². The van der Waals surface area contributed by atoms with E-state index in [1.54, 1.807) is 14.0 Å². The minimum Gasteiger partial charge on any atom is -0.384 e. The summed E-state index contributed by atoms with van der Waals surface area (Å²) in [6.45, 7) is 1.27. The smallest absolute Gasteiger partial charge is 0.255 e. The van der Waals surface area contributed by atoms with Crippen LogP contribution in [0.5, 0.6) is 0 Å². The standard InChI is InChI=1S/C9H15F2N5/c1-5-7(8(12)13)9(16(3)14-5)15(2)4-6(10)11/h6H,4H2,1-3H3,(H3,12,13). The third-order valence-electron chi connectivity index (χ3n) is 2.23. The van der Waals surface area contributed by atoms with E-state index in [-0.39, 0.29) is 5.84 Å². The molecular weight excluding hydrogens is 216 g/mol. The highest BCUT2D eigenvalue weighted by Gasteiger charge is 2.20. The van der Waals surface area contributed by atoms with Gasteiger partial charge in [-0.2, -0.15) is 5.10 Å². The van der Waals surface area contributed by atoms with Crippen LogP contribution < -0.4 is 10.6 Å². The Bertz CT molecular complexity index is 399. The molecule has 0 fully saturated rings. The molecule has 90 valence electrons. The molecule has 1 aromatic rings. The van der Waals surface area contributed by atoms with Crippen LogP contribution in [0, 0.1) is 12.3 Å². The minimum atomic E-state index is -2.44. The first-order valence-electron chi connectivity index (χ1n) is 4.71. The summed E-state index contributed by atoms with van der Waals surface area (Å²) in [7, 11) is 3.16. The molecule has 0 spiro atoms. The van der Waals surface area contributed by atoms with Crippen molar-refractivity contribution in [3.8, 4) is 0 Å². The Labute approximate surface area is 92.3 Å². The molecule has 0 aliphatic rings. The van der Waals surface area contributed by atoms with Crippen molar-refractivity contribution < 1.29 is 8.78 Å². The molecule has 5 nitrogen and oxygen atoms in total. The maximum absolute atomic E-state index is 12.3. The fraction of sp³-hybridized carbons (Fsp3) is 0.556. The molecule has 0 unspecified atom stereocenters. The number of nitrogens with two attached hydrogens (primary N) is 1. The first kappa shape index (κ1) is 12.4. The van der Waals surface area contributed by atoms with Crippen LogP contribution in [0.4, 0.5) is 14.6 Å². The van der Waals surface area contributed by atoms with Crippen LogP contribution in [0.1, 0.15) is 11.3 Å². The van der Waals surface area contributed by atoms with Crippen LogP contribution in [0.3, 0.4) is 0 Å². The average molecular weight is 231 g/mol. The van der Waals surface area contributed by atoms with Crippen molar-refractivity contribution >= 4 is 11.7 Å². The summed E-state index contributed by atoms with van der Waals surface area (Å²) in [6.07, 6.45) is -2.44. The van der Waals surface area contributed by atoms with E-state index in [0.717, 1.165) is 0 Å². The number of hydrogen-bond donors (Lipinski definition) is 2. The van der Waals surface area contributed by atoms with Gasteiger partial charge >= 0.3 is 0 Å². The van der Waals surface area contributed by atoms with Gasteiger partial charge in [-0.15, -0.1) is 0 Å². The highest BCUT2D eigenvalue weighted by molar-refractivity contribution is 6.00. The first-order valence-corrected chi connectivity index (χ1v) is 4.71. The van der Waals surface area contributed by atoms with E-state index in [9.17, 15) is 8.78 Å². The number of alkyl halides is 2. The minimum absolute atomic E-state index is 0.165. The van der Waals surface area contributed by atoms with Crippen molar-refractivity contribution in [3.63, 3.8) is 0 Å². The predicted molar refractivity (Wildman–Crippen MR) is 58.2 cm³/mol. The first-order chi connectivity index (χ1) is 7.34. The zero-order valence-electron chi connectivity index (χ0n) is 9.46. The van der Waals surface area contributed by atoms with Gasteiger partial charge in [0.25, 0.3) is 6.43 Å². The van der Waals surface area contributed by atoms with E-state index >= 15 is 0 Å². The van der Waals surface area contributed by atoms with Gasteiger partial charge in [0.2, 0.25) is 0 Å². The Balaban J connectivity index is 3.16. The number of amidine groups is 1. The third kappa shape index (κ3) is 2.29. The molecule has 0 amide bonds. The zero-order chi connectivity index (χ0) is 12.5. The highest BCUT2D eigenvalue weighted by atomic mass is 19.3. The van der Waals surface area contributed by atoms with Crippen LogP contribution in [-0.2, 0) is 7.05 Å². The van der Waals surface area contributed by atoms with Crippen molar-refractivity contribution in [2.24, 2.45) is 12.8 Å². The number of hydrogen-bond acceptors (Lipinski definition) is 3. The number of aryl methyl sites for hydroxylation is 2. The second kappa shape index (κ2) is 4.46. The van der Waals surface area contributed by atoms with Gasteiger partial charge in [0, 0.05) is 14.1 Å². The van der Waals surface area contributed by atoms with Gasteiger partial charge in [-0.25, -0.2) is 8.78 Å². The number of rotatable bonds is 4. The molecule has 0 bridgehead atoms. The van der Waals surface area contributed by atoms with Gasteiger partial charge < -0.3 is 10.6 Å². The molecule has 16 heavy (non-hydrogen) atoms. The molecule has 0 saturated carbocycles. The van der Waals surface area contributed by atoms with Crippen LogP contribution >= 0.6 is 0 Å². The fourth-order valence-corrected chi connectivity index (χ4v) is 1.69. The zero-order valence-corrected chi connectivity index (χ0v) is 9.46. The Hall–Kier alpha value is -1.66. The molecule has 0 radical (unpaired) electrons. The van der Waals surface area contributed by atoms with Crippen LogP contribution in [0.15, 0.2) is 0 Å². The third-order valence-corrected chi connectivity index (χ3v) is 2.23. The number of aromatic nitrogens is 2. The maximum Gasteiger partial charge on any atom is 0.255 e. The molecule has 0 aliphatic heterocycles. The lowest BCUT2D eigenvalue weighted by molar-refractivity contribution is 0.156. The van der Waals surface area contributed by atoms with Crippen molar-refractivity contribution in [1.82, 2.24) is 9.78 Å². The number of nitrogens with zero attached hydrogens (tertiary/aromatic N) is 3. The van der Waals surface area contributed by atoms with E-state index in [1.165, 1.54) is 16.6 Å². The second-order valence-electron chi connectivity index (χ2n) is 3.59. The Morgan fingerprint density at radius 2 is 2.19 bits per heavy atom. The molecule has 1 rings (SSSR count). The summed E-state index contributed by atoms with van der Waals surface area (Å²) in [5.74, 6) is 0.270. The van der Waals surface area contributed by atoms with E-state index in [0.29, 0.717) is 17.1 Å². The molecule has 0 aliphatic carbocycles. The largest absolute Gasteiger partial charge is 0.384 e. The molecule has 0 aromatic carbocycles. The van der Waals surface area contributed by atoms with E-state index in [2.05, 4.69) is 5.10 Å². The number of nitrogen functional groups attached to an aromatic ring is 1. The summed E-state index contributed by atoms with van der Waals surface area (Å²) >= 11 is 0. The summed E-state index contributed by atoms with van der Waals surface area (Å²) in [4.78, 5) is 1.35. The second-order valence-corrected chi connectivity index (χ2v) is 3.59. The number of anilines is 1. The molecule has 1 heterocycles. The monoisotopic (exact) mass is 231 g/mol. The molecule has 0 saturated heterocycles. The van der Waals surface area contributed by atoms with Crippen molar-refractivity contribution in [2.75, 3.05) is 18.5 Å². The number of nitrogens with one attached hydrogen (secondary N) is 1. The Morgan fingerprint density at radius 1 is 1.62 bits per heavy atom. The topological polar surface area (TPSA) is 70.9 Å². The Kier molecular flexibility index (Phi) is 3.46. The average Bonchev–Trinajstić information content (AvgIpc) is 2.39. The van der Waals surface area contributed by atoms with Crippen molar-refractivity contribution in [2.45, 2.75) is 13.3 Å². The molecule has 1 aromatic heterocycles. The molecule has 3 N–H and O–H groups in total. The molecule has 7 heteroatoms. The van der Waals surface area contributed by atoms with Crippen LogP contribution in [-0.4, -0.2) is 35.6 Å². The number of halogens is 2. The lowest BCUT2D eigenvalue weighted by atomic mass is 10.2. The van der Waals surface area contributed by atoms with Gasteiger partial charge in [0.1, 0.15) is 11.7 Å². The highest BCUT2D eigenvalue weighted by Crippen LogP contribution is 2.22. The normalized spacial score (nSPS) is 10.9. The van der Waals surface area contributed by atoms with Gasteiger partial charge in [-0.3, -0.25) is 10.1 Å². The van der Waals surface area contributed by atoms with Crippen molar-refractivity contribution in [1.29, 1.82) is 5.41 Å². The fourth-order valence-electron chi connectivity index (χ4n) is 1.69. The lowest BCUT2D eigenvalue weighted by Gasteiger charge is -2.20. The van der Waals surface area contributed by atoms with Gasteiger partial charge in [-0.1, -0.05) is 0 Å². The van der Waals surface area contributed by atoms with E-state index in [4.69, 9.17) is 11.1 Å². The summed E-state index contributed by atoms with van der Waals surface area (Å²) in [5.41, 5.74) is 6.38. The van der Waals surface area contributed by atoms with Crippen LogP contribution in [0.25, 0.3) is 0 Å². The van der Waals surface area contributed by atoms with E-state index in [1.807, 2.05) is 0 Å². The van der Waals surface area contributed by atoms with Gasteiger partial charge in [0.15, 0.2) is 0 Å². The van der Waals surface area contributed by atoms with E-state index < -0.39 is 13.0 Å². The molecular formula is C9H15F2N5. The summed E-state index contributed by atoms with van der Waals surface area (Å²) < 4.78 is 26.0. The van der Waals surface area contributed by atoms with Gasteiger partial charge in [-0.05, 0) is 6.92 Å². The summed E-state index contributed by atoms with van der Waals surface area (Å²) in [6, 6.07) is 0.